The van der Waals surface area contributed by atoms with Gasteiger partial charge in [0.05, 0.1) is 11.5 Å². The number of carbonyl (C=O) groups excluding carboxylic acids is 1. The van der Waals surface area contributed by atoms with Crippen LogP contribution in [0.1, 0.15) is 50.2 Å². The lowest BCUT2D eigenvalue weighted by Gasteiger charge is -2.31. The van der Waals surface area contributed by atoms with E-state index in [9.17, 15) is 4.79 Å². The molecule has 0 unspecified atom stereocenters. The molecule has 0 bridgehead atoms. The zero-order chi connectivity index (χ0) is 17.7. The normalized spacial score (nSPS) is 18.3. The number of furan rings is 1. The highest BCUT2D eigenvalue weighted by Gasteiger charge is 2.42. The van der Waals surface area contributed by atoms with Gasteiger partial charge in [-0.2, -0.15) is 0 Å². The van der Waals surface area contributed by atoms with Crippen molar-refractivity contribution in [1.82, 2.24) is 15.5 Å². The van der Waals surface area contributed by atoms with Gasteiger partial charge in [0.1, 0.15) is 11.5 Å². The van der Waals surface area contributed by atoms with E-state index >= 15 is 0 Å². The lowest BCUT2D eigenvalue weighted by Crippen LogP contribution is -2.49. The highest BCUT2D eigenvalue weighted by atomic mass is 16.3. The second-order valence-corrected chi connectivity index (χ2v) is 6.93. The lowest BCUT2D eigenvalue weighted by atomic mass is 9.84. The van der Waals surface area contributed by atoms with E-state index in [4.69, 9.17) is 4.42 Å². The fourth-order valence-electron chi connectivity index (χ4n) is 3.40. The number of carbonyl (C=O) groups is 1. The Kier molecular flexibility index (Phi) is 5.91. The van der Waals surface area contributed by atoms with E-state index in [1.165, 1.54) is 0 Å². The SMILES string of the molecule is CN=C(NCC1(C(=O)N(C)C)CCCC1)N[C@H](C)c1ccc(C)o1. The number of hydrogen-bond acceptors (Lipinski definition) is 3. The van der Waals surface area contributed by atoms with E-state index in [0.29, 0.717) is 12.5 Å². The van der Waals surface area contributed by atoms with E-state index < -0.39 is 0 Å². The zero-order valence-corrected chi connectivity index (χ0v) is 15.5. The van der Waals surface area contributed by atoms with Crippen LogP contribution < -0.4 is 10.6 Å². The van der Waals surface area contributed by atoms with Gasteiger partial charge in [0.15, 0.2) is 5.96 Å². The number of nitrogens with one attached hydrogen (secondary N) is 2. The second kappa shape index (κ2) is 7.73. The van der Waals surface area contributed by atoms with Crippen LogP contribution in [0.25, 0.3) is 0 Å². The summed E-state index contributed by atoms with van der Waals surface area (Å²) < 4.78 is 5.65. The Hall–Kier alpha value is -1.98. The first kappa shape index (κ1) is 18.4. The summed E-state index contributed by atoms with van der Waals surface area (Å²) in [5.74, 6) is 2.66. The standard InChI is InChI=1S/C18H30N4O2/c1-13-8-9-15(24-13)14(2)21-17(19-3)20-12-18(10-6-7-11-18)16(23)22(4)5/h8-9,14H,6-7,10-12H2,1-5H3,(H2,19,20,21)/t14-/m1/s1. The van der Waals surface area contributed by atoms with Crippen molar-refractivity contribution in [3.05, 3.63) is 23.7 Å². The Bertz CT molecular complexity index is 586. The number of guanidine groups is 1. The average Bonchev–Trinajstić information content (AvgIpc) is 3.20. The topological polar surface area (TPSA) is 69.9 Å². The molecule has 0 aliphatic heterocycles. The van der Waals surface area contributed by atoms with Crippen molar-refractivity contribution in [1.29, 1.82) is 0 Å². The van der Waals surface area contributed by atoms with Crippen molar-refractivity contribution in [2.24, 2.45) is 10.4 Å². The predicted molar refractivity (Wildman–Crippen MR) is 96.0 cm³/mol. The van der Waals surface area contributed by atoms with Gasteiger partial charge in [-0.05, 0) is 38.8 Å². The number of aliphatic imine (C=N–C) groups is 1. The predicted octanol–water partition coefficient (Wildman–Crippen LogP) is 2.46. The van der Waals surface area contributed by atoms with Crippen molar-refractivity contribution in [3.63, 3.8) is 0 Å². The molecule has 0 saturated heterocycles. The molecule has 1 saturated carbocycles. The Balaban J connectivity index is 1.98. The number of nitrogens with zero attached hydrogens (tertiary/aromatic N) is 2. The third-order valence-corrected chi connectivity index (χ3v) is 4.78. The third-order valence-electron chi connectivity index (χ3n) is 4.78. The molecule has 1 fully saturated rings. The lowest BCUT2D eigenvalue weighted by molar-refractivity contribution is -0.138. The van der Waals surface area contributed by atoms with Crippen LogP contribution in [0.4, 0.5) is 0 Å². The van der Waals surface area contributed by atoms with Gasteiger partial charge >= 0.3 is 0 Å². The van der Waals surface area contributed by atoms with Crippen molar-refractivity contribution in [2.75, 3.05) is 27.7 Å². The molecule has 6 nitrogen and oxygen atoms in total. The molecule has 1 amide bonds. The highest BCUT2D eigenvalue weighted by Crippen LogP contribution is 2.38. The maximum Gasteiger partial charge on any atom is 0.230 e. The third kappa shape index (κ3) is 4.10. The first-order valence-electron chi connectivity index (χ1n) is 8.63. The summed E-state index contributed by atoms with van der Waals surface area (Å²) in [5.41, 5.74) is -0.314. The number of rotatable bonds is 5. The largest absolute Gasteiger partial charge is 0.464 e. The Morgan fingerprint density at radius 1 is 1.38 bits per heavy atom. The van der Waals surface area contributed by atoms with Gasteiger partial charge in [0.2, 0.25) is 5.91 Å². The molecule has 1 aromatic heterocycles. The Morgan fingerprint density at radius 3 is 2.54 bits per heavy atom. The summed E-state index contributed by atoms with van der Waals surface area (Å²) in [5, 5.41) is 6.67. The molecule has 0 spiro atoms. The van der Waals surface area contributed by atoms with Crippen molar-refractivity contribution in [2.45, 2.75) is 45.6 Å². The van der Waals surface area contributed by atoms with Gasteiger partial charge in [0, 0.05) is 27.7 Å². The van der Waals surface area contributed by atoms with Crippen LogP contribution in [0.5, 0.6) is 0 Å². The van der Waals surface area contributed by atoms with Gasteiger partial charge in [-0.15, -0.1) is 0 Å². The molecule has 6 heteroatoms. The number of amides is 1. The molecule has 134 valence electrons. The molecule has 1 aliphatic carbocycles. The monoisotopic (exact) mass is 334 g/mol. The molecular formula is C18H30N4O2. The van der Waals surface area contributed by atoms with E-state index in [1.807, 2.05) is 40.1 Å². The van der Waals surface area contributed by atoms with Crippen molar-refractivity contribution >= 4 is 11.9 Å². The molecule has 1 heterocycles. The number of hydrogen-bond donors (Lipinski definition) is 2. The van der Waals surface area contributed by atoms with Crippen LogP contribution >= 0.6 is 0 Å². The molecule has 2 N–H and O–H groups in total. The summed E-state index contributed by atoms with van der Waals surface area (Å²) in [6, 6.07) is 3.93. The minimum atomic E-state index is -0.314. The molecule has 0 aromatic carbocycles. The van der Waals surface area contributed by atoms with Crippen LogP contribution in [-0.2, 0) is 4.79 Å². The molecule has 0 radical (unpaired) electrons. The Morgan fingerprint density at radius 2 is 2.04 bits per heavy atom. The highest BCUT2D eigenvalue weighted by molar-refractivity contribution is 5.85. The molecule has 1 aromatic rings. The van der Waals surface area contributed by atoms with Gasteiger partial charge < -0.3 is 20.0 Å². The fourth-order valence-corrected chi connectivity index (χ4v) is 3.40. The van der Waals surface area contributed by atoms with Gasteiger partial charge in [-0.1, -0.05) is 12.8 Å². The minimum Gasteiger partial charge on any atom is -0.464 e. The molecule has 1 aliphatic rings. The van der Waals surface area contributed by atoms with Crippen LogP contribution in [-0.4, -0.2) is 44.5 Å². The first-order chi connectivity index (χ1) is 11.4. The second-order valence-electron chi connectivity index (χ2n) is 6.93. The summed E-state index contributed by atoms with van der Waals surface area (Å²) in [7, 11) is 5.40. The van der Waals surface area contributed by atoms with Gasteiger partial charge in [-0.3, -0.25) is 9.79 Å². The van der Waals surface area contributed by atoms with Gasteiger partial charge in [0.25, 0.3) is 0 Å². The minimum absolute atomic E-state index is 0.00831. The maximum atomic E-state index is 12.6. The van der Waals surface area contributed by atoms with Gasteiger partial charge in [-0.25, -0.2) is 0 Å². The smallest absolute Gasteiger partial charge is 0.230 e. The summed E-state index contributed by atoms with van der Waals surface area (Å²) in [6.07, 6.45) is 4.08. The fraction of sp³-hybridized carbons (Fsp3) is 0.667. The Labute approximate surface area is 144 Å². The van der Waals surface area contributed by atoms with E-state index in [2.05, 4.69) is 15.6 Å². The van der Waals surface area contributed by atoms with E-state index in [1.54, 1.807) is 11.9 Å². The number of aryl methyl sites for hydroxylation is 1. The maximum absolute atomic E-state index is 12.6. The van der Waals surface area contributed by atoms with Crippen molar-refractivity contribution < 1.29 is 9.21 Å². The van der Waals surface area contributed by atoms with Crippen molar-refractivity contribution in [3.8, 4) is 0 Å². The zero-order valence-electron chi connectivity index (χ0n) is 15.5. The van der Waals surface area contributed by atoms with Crippen LogP contribution in [0.15, 0.2) is 21.5 Å². The van der Waals surface area contributed by atoms with Crippen LogP contribution in [0, 0.1) is 12.3 Å². The molecule has 24 heavy (non-hydrogen) atoms. The molecule has 2 rings (SSSR count). The first-order valence-corrected chi connectivity index (χ1v) is 8.63. The summed E-state index contributed by atoms with van der Waals surface area (Å²) in [4.78, 5) is 18.6. The quantitative estimate of drug-likeness (QED) is 0.641. The molecular weight excluding hydrogens is 304 g/mol. The van der Waals surface area contributed by atoms with E-state index in [-0.39, 0.29) is 17.4 Å². The van der Waals surface area contributed by atoms with E-state index in [0.717, 1.165) is 37.2 Å². The van der Waals surface area contributed by atoms with Crippen LogP contribution in [0.2, 0.25) is 0 Å². The summed E-state index contributed by atoms with van der Waals surface area (Å²) >= 11 is 0. The average molecular weight is 334 g/mol. The summed E-state index contributed by atoms with van der Waals surface area (Å²) in [6.45, 7) is 4.56. The van der Waals surface area contributed by atoms with Crippen LogP contribution in [0.3, 0.4) is 0 Å². The molecule has 1 atom stereocenters.